The Morgan fingerprint density at radius 1 is 1.48 bits per heavy atom. The van der Waals surface area contributed by atoms with Crippen molar-refractivity contribution in [3.8, 4) is 0 Å². The zero-order valence-corrected chi connectivity index (χ0v) is 12.1. The van der Waals surface area contributed by atoms with Crippen molar-refractivity contribution in [2.45, 2.75) is 25.3 Å². The lowest BCUT2D eigenvalue weighted by molar-refractivity contribution is -0.121. The highest BCUT2D eigenvalue weighted by molar-refractivity contribution is 6.31. The minimum atomic E-state index is -0.0891. The van der Waals surface area contributed by atoms with Crippen LogP contribution in [-0.2, 0) is 16.0 Å². The zero-order chi connectivity index (χ0) is 14.8. The van der Waals surface area contributed by atoms with Crippen LogP contribution in [0, 0.1) is 0 Å². The molecular weight excluding hydrogens is 292 g/mol. The van der Waals surface area contributed by atoms with Crippen molar-refractivity contribution in [1.82, 2.24) is 10.6 Å². The molecule has 1 aromatic carbocycles. The number of hydrogen-bond donors (Lipinski definition) is 2. The van der Waals surface area contributed by atoms with Crippen LogP contribution >= 0.6 is 11.6 Å². The van der Waals surface area contributed by atoms with E-state index in [1.807, 2.05) is 6.07 Å². The van der Waals surface area contributed by atoms with Crippen molar-refractivity contribution in [2.24, 2.45) is 0 Å². The van der Waals surface area contributed by atoms with Gasteiger partial charge in [0.15, 0.2) is 0 Å². The van der Waals surface area contributed by atoms with Crippen LogP contribution in [0.2, 0.25) is 5.02 Å². The number of carbonyl (C=O) groups is 2. The van der Waals surface area contributed by atoms with Crippen LogP contribution in [0.4, 0.5) is 0 Å². The highest BCUT2D eigenvalue weighted by Crippen LogP contribution is 2.24. The molecule has 1 fully saturated rings. The lowest BCUT2D eigenvalue weighted by atomic mass is 10.1. The monoisotopic (exact) mass is 306 g/mol. The third-order valence-electron chi connectivity index (χ3n) is 3.60. The number of halogens is 1. The van der Waals surface area contributed by atoms with Crippen LogP contribution in [0.1, 0.15) is 18.4 Å². The number of benzene rings is 1. The summed E-state index contributed by atoms with van der Waals surface area (Å²) < 4.78 is 5.40. The SMILES string of the molecule is O=C(Cc1coc2cc(Cl)ccc12)NC[C@@H]1CCC(=O)N1. The summed E-state index contributed by atoms with van der Waals surface area (Å²) in [6.07, 6.45) is 3.13. The summed E-state index contributed by atoms with van der Waals surface area (Å²) in [4.78, 5) is 23.0. The molecule has 0 bridgehead atoms. The maximum atomic E-state index is 12.0. The number of nitrogens with one attached hydrogen (secondary N) is 2. The summed E-state index contributed by atoms with van der Waals surface area (Å²) in [5.41, 5.74) is 1.50. The van der Waals surface area contributed by atoms with Crippen LogP contribution in [0.5, 0.6) is 0 Å². The largest absolute Gasteiger partial charge is 0.464 e. The van der Waals surface area contributed by atoms with Gasteiger partial charge in [0.25, 0.3) is 0 Å². The highest BCUT2D eigenvalue weighted by atomic mass is 35.5. The van der Waals surface area contributed by atoms with E-state index in [4.69, 9.17) is 16.0 Å². The Labute approximate surface area is 126 Å². The molecule has 2 aromatic rings. The zero-order valence-electron chi connectivity index (χ0n) is 11.3. The van der Waals surface area contributed by atoms with Gasteiger partial charge in [-0.25, -0.2) is 0 Å². The number of furan rings is 1. The molecule has 1 saturated heterocycles. The average molecular weight is 307 g/mol. The van der Waals surface area contributed by atoms with E-state index in [1.54, 1.807) is 18.4 Å². The number of fused-ring (bicyclic) bond motifs is 1. The molecule has 3 rings (SSSR count). The van der Waals surface area contributed by atoms with Gasteiger partial charge in [-0.2, -0.15) is 0 Å². The number of hydrogen-bond acceptors (Lipinski definition) is 3. The molecular formula is C15H15ClN2O3. The van der Waals surface area contributed by atoms with Crippen molar-refractivity contribution >= 4 is 34.4 Å². The van der Waals surface area contributed by atoms with Crippen LogP contribution < -0.4 is 10.6 Å². The standard InChI is InChI=1S/C15H15ClN2O3/c16-10-1-3-12-9(8-21-13(12)6-10)5-15(20)17-7-11-2-4-14(19)18-11/h1,3,6,8,11H,2,4-5,7H2,(H,17,20)(H,18,19)/t11-/m0/s1. The fourth-order valence-corrected chi connectivity index (χ4v) is 2.66. The minimum absolute atomic E-state index is 0.0429. The Balaban J connectivity index is 1.60. The van der Waals surface area contributed by atoms with Crippen LogP contribution in [0.3, 0.4) is 0 Å². The molecule has 1 atom stereocenters. The van der Waals surface area contributed by atoms with Crippen molar-refractivity contribution < 1.29 is 14.0 Å². The molecule has 0 unspecified atom stereocenters. The van der Waals surface area contributed by atoms with Gasteiger partial charge in [-0.15, -0.1) is 0 Å². The minimum Gasteiger partial charge on any atom is -0.464 e. The van der Waals surface area contributed by atoms with Crippen molar-refractivity contribution in [2.75, 3.05) is 6.54 Å². The molecule has 2 N–H and O–H groups in total. The van der Waals surface area contributed by atoms with Gasteiger partial charge >= 0.3 is 0 Å². The first-order valence-corrected chi connectivity index (χ1v) is 7.21. The van der Waals surface area contributed by atoms with Gasteiger partial charge in [-0.1, -0.05) is 11.6 Å². The first-order valence-electron chi connectivity index (χ1n) is 6.83. The second-order valence-electron chi connectivity index (χ2n) is 5.19. The maximum absolute atomic E-state index is 12.0. The summed E-state index contributed by atoms with van der Waals surface area (Å²) in [7, 11) is 0. The third kappa shape index (κ3) is 3.19. The van der Waals surface area contributed by atoms with Gasteiger partial charge < -0.3 is 15.1 Å². The predicted octanol–water partition coefficient (Wildman–Crippen LogP) is 2.02. The first kappa shape index (κ1) is 13.9. The van der Waals surface area contributed by atoms with Crippen molar-refractivity contribution in [3.63, 3.8) is 0 Å². The number of amides is 2. The Kier molecular flexibility index (Phi) is 3.84. The molecule has 0 saturated carbocycles. The summed E-state index contributed by atoms with van der Waals surface area (Å²) in [5.74, 6) is -0.0410. The Morgan fingerprint density at radius 3 is 3.10 bits per heavy atom. The van der Waals surface area contributed by atoms with Gasteiger partial charge in [0, 0.05) is 35.0 Å². The lowest BCUT2D eigenvalue weighted by Gasteiger charge is -2.10. The van der Waals surface area contributed by atoms with Crippen LogP contribution in [0.15, 0.2) is 28.9 Å². The lowest BCUT2D eigenvalue weighted by Crippen LogP contribution is -2.38. The average Bonchev–Trinajstić information content (AvgIpc) is 3.03. The van der Waals surface area contributed by atoms with Gasteiger partial charge in [0.1, 0.15) is 5.58 Å². The van der Waals surface area contributed by atoms with E-state index in [1.165, 1.54) is 0 Å². The Bertz CT molecular complexity index is 695. The number of carbonyl (C=O) groups excluding carboxylic acids is 2. The smallest absolute Gasteiger partial charge is 0.224 e. The van der Waals surface area contributed by atoms with E-state index in [2.05, 4.69) is 10.6 Å². The molecule has 0 aliphatic carbocycles. The fraction of sp³-hybridized carbons (Fsp3) is 0.333. The predicted molar refractivity (Wildman–Crippen MR) is 79.1 cm³/mol. The third-order valence-corrected chi connectivity index (χ3v) is 3.83. The topological polar surface area (TPSA) is 71.3 Å². The van der Waals surface area contributed by atoms with Gasteiger partial charge in [-0.3, -0.25) is 9.59 Å². The van der Waals surface area contributed by atoms with Crippen molar-refractivity contribution in [3.05, 3.63) is 35.0 Å². The summed E-state index contributed by atoms with van der Waals surface area (Å²) in [6, 6.07) is 5.39. The van der Waals surface area contributed by atoms with E-state index >= 15 is 0 Å². The van der Waals surface area contributed by atoms with Crippen LogP contribution in [0.25, 0.3) is 11.0 Å². The molecule has 0 spiro atoms. The molecule has 110 valence electrons. The summed E-state index contributed by atoms with van der Waals surface area (Å²) in [5, 5.41) is 7.15. The van der Waals surface area contributed by atoms with E-state index < -0.39 is 0 Å². The summed E-state index contributed by atoms with van der Waals surface area (Å²) in [6.45, 7) is 0.464. The fourth-order valence-electron chi connectivity index (χ4n) is 2.50. The Hall–Kier alpha value is -2.01. The van der Waals surface area contributed by atoms with E-state index in [9.17, 15) is 9.59 Å². The van der Waals surface area contributed by atoms with E-state index in [-0.39, 0.29) is 24.3 Å². The quantitative estimate of drug-likeness (QED) is 0.908. The second-order valence-corrected chi connectivity index (χ2v) is 5.62. The molecule has 21 heavy (non-hydrogen) atoms. The molecule has 5 nitrogen and oxygen atoms in total. The molecule has 1 aromatic heterocycles. The molecule has 2 heterocycles. The van der Waals surface area contributed by atoms with Crippen molar-refractivity contribution in [1.29, 1.82) is 0 Å². The molecule has 6 heteroatoms. The maximum Gasteiger partial charge on any atom is 0.224 e. The second kappa shape index (κ2) is 5.77. The normalized spacial score (nSPS) is 18.0. The van der Waals surface area contributed by atoms with Gasteiger partial charge in [-0.05, 0) is 24.6 Å². The molecule has 1 aliphatic rings. The number of rotatable bonds is 4. The van der Waals surface area contributed by atoms with E-state index in [0.717, 1.165) is 17.4 Å². The van der Waals surface area contributed by atoms with Gasteiger partial charge in [0.2, 0.25) is 11.8 Å². The van der Waals surface area contributed by atoms with Crippen LogP contribution in [-0.4, -0.2) is 24.4 Å². The highest BCUT2D eigenvalue weighted by Gasteiger charge is 2.21. The van der Waals surface area contributed by atoms with Gasteiger partial charge in [0.05, 0.1) is 12.7 Å². The molecule has 1 aliphatic heterocycles. The van der Waals surface area contributed by atoms with E-state index in [0.29, 0.717) is 23.6 Å². The summed E-state index contributed by atoms with van der Waals surface area (Å²) >= 11 is 5.89. The Morgan fingerprint density at radius 2 is 2.33 bits per heavy atom. The molecule has 2 amide bonds. The molecule has 0 radical (unpaired) electrons. The first-order chi connectivity index (χ1) is 10.1.